The summed E-state index contributed by atoms with van der Waals surface area (Å²) in [5.41, 5.74) is 6.86. The van der Waals surface area contributed by atoms with Crippen LogP contribution in [-0.4, -0.2) is 6.04 Å². The Morgan fingerprint density at radius 2 is 1.95 bits per heavy atom. The Labute approximate surface area is 134 Å². The van der Waals surface area contributed by atoms with E-state index >= 15 is 0 Å². The number of hydrogen-bond donors (Lipinski definition) is 1. The van der Waals surface area contributed by atoms with Crippen LogP contribution in [0.4, 0.5) is 4.39 Å². The van der Waals surface area contributed by atoms with E-state index in [1.165, 1.54) is 6.07 Å². The van der Waals surface area contributed by atoms with E-state index in [2.05, 4.69) is 31.9 Å². The monoisotopic (exact) mass is 401 g/mol. The molecular weight excluding hydrogens is 389 g/mol. The topological polar surface area (TPSA) is 35.2 Å². The number of nitrogens with two attached hydrogens (primary N) is 1. The molecule has 0 heterocycles. The molecule has 0 amide bonds. The molecule has 2 aromatic rings. The number of benzene rings is 2. The lowest BCUT2D eigenvalue weighted by molar-refractivity contribution is 0.471. The van der Waals surface area contributed by atoms with Gasteiger partial charge in [0.25, 0.3) is 0 Å². The molecule has 0 bridgehead atoms. The van der Waals surface area contributed by atoms with Crippen molar-refractivity contribution in [2.45, 2.75) is 19.4 Å². The minimum atomic E-state index is -0.317. The van der Waals surface area contributed by atoms with E-state index in [9.17, 15) is 4.39 Å². The summed E-state index contributed by atoms with van der Waals surface area (Å²) < 4.78 is 20.4. The molecule has 1 atom stereocenters. The normalized spacial score (nSPS) is 12.2. The molecule has 0 fully saturated rings. The van der Waals surface area contributed by atoms with Crippen molar-refractivity contribution < 1.29 is 9.13 Å². The molecule has 0 radical (unpaired) electrons. The van der Waals surface area contributed by atoms with E-state index in [1.54, 1.807) is 12.1 Å². The van der Waals surface area contributed by atoms with E-state index in [1.807, 2.05) is 25.1 Å². The van der Waals surface area contributed by atoms with Crippen molar-refractivity contribution in [1.82, 2.24) is 0 Å². The number of hydrogen-bond acceptors (Lipinski definition) is 2. The first-order valence-electron chi connectivity index (χ1n) is 6.12. The lowest BCUT2D eigenvalue weighted by atomic mass is 10.1. The lowest BCUT2D eigenvalue weighted by Gasteiger charge is -2.13. The molecule has 0 saturated heterocycles. The Morgan fingerprint density at radius 3 is 2.60 bits per heavy atom. The van der Waals surface area contributed by atoms with Gasteiger partial charge < -0.3 is 10.5 Å². The van der Waals surface area contributed by atoms with Crippen LogP contribution >= 0.6 is 31.9 Å². The summed E-state index contributed by atoms with van der Waals surface area (Å²) in [6, 6.07) is 10.4. The summed E-state index contributed by atoms with van der Waals surface area (Å²) in [5, 5.41) is 0. The maximum atomic E-state index is 13.2. The van der Waals surface area contributed by atoms with E-state index in [-0.39, 0.29) is 11.9 Å². The molecule has 2 aromatic carbocycles. The molecule has 2 rings (SSSR count). The average molecular weight is 403 g/mol. The van der Waals surface area contributed by atoms with Gasteiger partial charge >= 0.3 is 0 Å². The Bertz CT molecular complexity index is 617. The number of halogens is 3. The van der Waals surface area contributed by atoms with Gasteiger partial charge in [-0.15, -0.1) is 0 Å². The number of ether oxygens (including phenoxy) is 1. The summed E-state index contributed by atoms with van der Waals surface area (Å²) in [4.78, 5) is 0. The summed E-state index contributed by atoms with van der Waals surface area (Å²) in [6.45, 7) is 1.94. The van der Waals surface area contributed by atoms with Gasteiger partial charge in [-0.25, -0.2) is 4.39 Å². The maximum Gasteiger partial charge on any atom is 0.137 e. The van der Waals surface area contributed by atoms with Crippen molar-refractivity contribution in [2.24, 2.45) is 5.73 Å². The van der Waals surface area contributed by atoms with Gasteiger partial charge in [-0.1, -0.05) is 22.0 Å². The summed E-state index contributed by atoms with van der Waals surface area (Å²) >= 11 is 6.57. The first-order chi connectivity index (χ1) is 9.45. The summed E-state index contributed by atoms with van der Waals surface area (Å²) in [5.74, 6) is 0.972. The number of rotatable bonds is 4. The molecule has 0 aliphatic heterocycles. The fourth-order valence-corrected chi connectivity index (χ4v) is 2.50. The highest BCUT2D eigenvalue weighted by Gasteiger charge is 2.09. The van der Waals surface area contributed by atoms with Crippen LogP contribution in [0.5, 0.6) is 11.5 Å². The van der Waals surface area contributed by atoms with E-state index in [0.29, 0.717) is 16.6 Å². The zero-order chi connectivity index (χ0) is 14.7. The summed E-state index contributed by atoms with van der Waals surface area (Å²) in [6.07, 6.45) is 0.713. The van der Waals surface area contributed by atoms with Crippen molar-refractivity contribution in [3.8, 4) is 11.5 Å². The minimum absolute atomic E-state index is 0.0403. The smallest absolute Gasteiger partial charge is 0.137 e. The molecule has 1 unspecified atom stereocenters. The molecule has 2 N–H and O–H groups in total. The van der Waals surface area contributed by atoms with Gasteiger partial charge in [0.1, 0.15) is 17.3 Å². The van der Waals surface area contributed by atoms with E-state index < -0.39 is 0 Å². The van der Waals surface area contributed by atoms with Crippen LogP contribution in [0.2, 0.25) is 0 Å². The zero-order valence-corrected chi connectivity index (χ0v) is 14.0. The van der Waals surface area contributed by atoms with Crippen molar-refractivity contribution in [1.29, 1.82) is 0 Å². The quantitative estimate of drug-likeness (QED) is 0.777. The zero-order valence-electron chi connectivity index (χ0n) is 10.9. The average Bonchev–Trinajstić information content (AvgIpc) is 2.37. The van der Waals surface area contributed by atoms with Gasteiger partial charge in [0, 0.05) is 10.5 Å². The molecule has 106 valence electrons. The lowest BCUT2D eigenvalue weighted by Crippen LogP contribution is -2.18. The fourth-order valence-electron chi connectivity index (χ4n) is 1.81. The highest BCUT2D eigenvalue weighted by atomic mass is 79.9. The van der Waals surface area contributed by atoms with Crippen LogP contribution in [0.15, 0.2) is 45.3 Å². The molecule has 5 heteroatoms. The van der Waals surface area contributed by atoms with Crippen LogP contribution in [-0.2, 0) is 6.42 Å². The van der Waals surface area contributed by atoms with Crippen LogP contribution in [0.25, 0.3) is 0 Å². The van der Waals surface area contributed by atoms with Crippen LogP contribution in [0.3, 0.4) is 0 Å². The van der Waals surface area contributed by atoms with Gasteiger partial charge in [0.15, 0.2) is 0 Å². The van der Waals surface area contributed by atoms with Crippen molar-refractivity contribution in [3.05, 3.63) is 56.7 Å². The molecule has 2 nitrogen and oxygen atoms in total. The van der Waals surface area contributed by atoms with Crippen LogP contribution in [0, 0.1) is 5.82 Å². The first kappa shape index (κ1) is 15.5. The predicted molar refractivity (Wildman–Crippen MR) is 85.7 cm³/mol. The van der Waals surface area contributed by atoms with Crippen molar-refractivity contribution in [3.63, 3.8) is 0 Å². The Hall–Kier alpha value is -0.910. The van der Waals surface area contributed by atoms with Crippen LogP contribution < -0.4 is 10.5 Å². The standard InChI is InChI=1S/C15H14Br2FNO/c1-9(19)6-10-2-3-11(16)7-15(10)20-12-4-5-14(18)13(17)8-12/h2-5,7-9H,6,19H2,1H3. The van der Waals surface area contributed by atoms with Gasteiger partial charge in [-0.05, 0) is 65.2 Å². The van der Waals surface area contributed by atoms with Crippen LogP contribution in [0.1, 0.15) is 12.5 Å². The van der Waals surface area contributed by atoms with Crippen molar-refractivity contribution >= 4 is 31.9 Å². The highest BCUT2D eigenvalue weighted by Crippen LogP contribution is 2.31. The molecule has 0 aromatic heterocycles. The third-order valence-electron chi connectivity index (χ3n) is 2.69. The molecule has 0 aliphatic carbocycles. The predicted octanol–water partition coefficient (Wildman–Crippen LogP) is 5.03. The fraction of sp³-hybridized carbons (Fsp3) is 0.200. The Kier molecular flexibility index (Phi) is 5.18. The van der Waals surface area contributed by atoms with Gasteiger partial charge in [0.05, 0.1) is 4.47 Å². The second-order valence-electron chi connectivity index (χ2n) is 4.61. The largest absolute Gasteiger partial charge is 0.457 e. The minimum Gasteiger partial charge on any atom is -0.457 e. The Balaban J connectivity index is 2.31. The molecular formula is C15H14Br2FNO. The van der Waals surface area contributed by atoms with E-state index in [4.69, 9.17) is 10.5 Å². The molecule has 0 saturated carbocycles. The third-order valence-corrected chi connectivity index (χ3v) is 3.79. The second kappa shape index (κ2) is 6.70. The SMILES string of the molecule is CC(N)Cc1ccc(Br)cc1Oc1ccc(F)c(Br)c1. The molecule has 20 heavy (non-hydrogen) atoms. The molecule has 0 spiro atoms. The van der Waals surface area contributed by atoms with Gasteiger partial charge in [-0.2, -0.15) is 0 Å². The maximum absolute atomic E-state index is 13.2. The Morgan fingerprint density at radius 1 is 1.20 bits per heavy atom. The highest BCUT2D eigenvalue weighted by molar-refractivity contribution is 9.10. The summed E-state index contributed by atoms with van der Waals surface area (Å²) in [7, 11) is 0. The molecule has 0 aliphatic rings. The van der Waals surface area contributed by atoms with Gasteiger partial charge in [-0.3, -0.25) is 0 Å². The van der Waals surface area contributed by atoms with E-state index in [0.717, 1.165) is 15.8 Å². The first-order valence-corrected chi connectivity index (χ1v) is 7.71. The van der Waals surface area contributed by atoms with Crippen molar-refractivity contribution in [2.75, 3.05) is 0 Å². The van der Waals surface area contributed by atoms with Gasteiger partial charge in [0.2, 0.25) is 0 Å². The second-order valence-corrected chi connectivity index (χ2v) is 6.38. The third kappa shape index (κ3) is 4.04.